The molecule has 0 aliphatic heterocycles. The monoisotopic (exact) mass is 330 g/mol. The van der Waals surface area contributed by atoms with Gasteiger partial charge in [0.15, 0.2) is 0 Å². The average molecular weight is 331 g/mol. The third kappa shape index (κ3) is 2.43. The van der Waals surface area contributed by atoms with Crippen LogP contribution in [0.25, 0.3) is 5.65 Å². The van der Waals surface area contributed by atoms with Crippen molar-refractivity contribution in [2.45, 2.75) is 18.7 Å². The zero-order chi connectivity index (χ0) is 13.9. The minimum absolute atomic E-state index is 0.650. The van der Waals surface area contributed by atoms with Gasteiger partial charge in [-0.1, -0.05) is 41.1 Å². The van der Waals surface area contributed by atoms with Crippen LogP contribution >= 0.6 is 15.9 Å². The number of halogens is 1. The largest absolute Gasteiger partial charge is 0.437 e. The zero-order valence-electron chi connectivity index (χ0n) is 11.2. The van der Waals surface area contributed by atoms with Gasteiger partial charge in [-0.15, -0.1) is 0 Å². The first kappa shape index (κ1) is 13.2. The second-order valence-corrected chi connectivity index (χ2v) is 5.09. The van der Waals surface area contributed by atoms with Gasteiger partial charge in [0, 0.05) is 11.5 Å². The third-order valence-electron chi connectivity index (χ3n) is 3.26. The summed E-state index contributed by atoms with van der Waals surface area (Å²) in [6, 6.07) is 14.1. The lowest BCUT2D eigenvalue weighted by molar-refractivity contribution is 0.461. The van der Waals surface area contributed by atoms with Crippen molar-refractivity contribution >= 4 is 21.6 Å². The lowest BCUT2D eigenvalue weighted by Gasteiger charge is -2.05. The fourth-order valence-corrected chi connectivity index (χ4v) is 2.64. The number of imidazole rings is 1. The van der Waals surface area contributed by atoms with Gasteiger partial charge in [-0.05, 0) is 36.2 Å². The van der Waals surface area contributed by atoms with E-state index in [1.165, 1.54) is 5.56 Å². The highest BCUT2D eigenvalue weighted by molar-refractivity contribution is 9.08. The number of ether oxygens (including phenoxy) is 1. The summed E-state index contributed by atoms with van der Waals surface area (Å²) in [5.74, 6) is 1.46. The molecule has 0 aliphatic carbocycles. The second-order valence-electron chi connectivity index (χ2n) is 4.53. The van der Waals surface area contributed by atoms with Crippen LogP contribution in [0.15, 0.2) is 48.7 Å². The van der Waals surface area contributed by atoms with E-state index in [2.05, 4.69) is 40.0 Å². The maximum atomic E-state index is 5.92. The van der Waals surface area contributed by atoms with Crippen molar-refractivity contribution in [1.29, 1.82) is 0 Å². The molecule has 102 valence electrons. The van der Waals surface area contributed by atoms with Gasteiger partial charge in [0.2, 0.25) is 5.88 Å². The van der Waals surface area contributed by atoms with E-state index in [0.29, 0.717) is 11.2 Å². The number of aryl methyl sites for hydroxylation is 1. The van der Waals surface area contributed by atoms with Gasteiger partial charge >= 0.3 is 0 Å². The third-order valence-corrected chi connectivity index (χ3v) is 3.80. The molecule has 0 atom stereocenters. The first-order valence-corrected chi connectivity index (χ1v) is 7.72. The Kier molecular flexibility index (Phi) is 3.74. The Morgan fingerprint density at radius 3 is 2.65 bits per heavy atom. The molecule has 0 amide bonds. The molecular formula is C16H15BrN2O. The minimum atomic E-state index is 0.650. The van der Waals surface area contributed by atoms with Crippen LogP contribution in [0, 0.1) is 0 Å². The van der Waals surface area contributed by atoms with E-state index in [1.54, 1.807) is 0 Å². The Balaban J connectivity index is 1.96. The average Bonchev–Trinajstić information content (AvgIpc) is 2.85. The summed E-state index contributed by atoms with van der Waals surface area (Å²) in [6.07, 6.45) is 3.02. The van der Waals surface area contributed by atoms with Crippen molar-refractivity contribution in [3.8, 4) is 11.6 Å². The van der Waals surface area contributed by atoms with Gasteiger partial charge in [0.1, 0.15) is 11.4 Å². The van der Waals surface area contributed by atoms with Crippen LogP contribution in [0.4, 0.5) is 0 Å². The number of rotatable bonds is 4. The van der Waals surface area contributed by atoms with Crippen LogP contribution in [0.2, 0.25) is 0 Å². The summed E-state index contributed by atoms with van der Waals surface area (Å²) < 4.78 is 7.96. The van der Waals surface area contributed by atoms with Crippen LogP contribution in [0.1, 0.15) is 18.2 Å². The SMILES string of the molecule is CCc1ccc(Oc2nc3ccccn3c2CBr)cc1. The highest BCUT2D eigenvalue weighted by Gasteiger charge is 2.12. The highest BCUT2D eigenvalue weighted by atomic mass is 79.9. The first-order valence-electron chi connectivity index (χ1n) is 6.60. The first-order chi connectivity index (χ1) is 9.81. The van der Waals surface area contributed by atoms with E-state index in [0.717, 1.165) is 23.5 Å². The zero-order valence-corrected chi connectivity index (χ0v) is 12.8. The molecule has 3 aromatic rings. The Hall–Kier alpha value is -1.81. The number of nitrogens with zero attached hydrogens (tertiary/aromatic N) is 2. The second kappa shape index (κ2) is 5.67. The van der Waals surface area contributed by atoms with E-state index < -0.39 is 0 Å². The quantitative estimate of drug-likeness (QED) is 0.654. The molecule has 0 N–H and O–H groups in total. The number of pyridine rings is 1. The standard InChI is InChI=1S/C16H15BrN2O/c1-2-12-6-8-13(9-7-12)20-16-14(11-17)19-10-4-3-5-15(19)18-16/h3-10H,2,11H2,1H3. The van der Waals surface area contributed by atoms with Gasteiger partial charge in [-0.3, -0.25) is 4.40 Å². The van der Waals surface area contributed by atoms with Gasteiger partial charge in [-0.25, -0.2) is 0 Å². The molecule has 0 radical (unpaired) electrons. The Morgan fingerprint density at radius 1 is 1.15 bits per heavy atom. The van der Waals surface area contributed by atoms with Crippen molar-refractivity contribution in [3.63, 3.8) is 0 Å². The molecule has 20 heavy (non-hydrogen) atoms. The van der Waals surface area contributed by atoms with Crippen LogP contribution in [0.3, 0.4) is 0 Å². The molecule has 0 saturated carbocycles. The predicted molar refractivity (Wildman–Crippen MR) is 83.7 cm³/mol. The lowest BCUT2D eigenvalue weighted by atomic mass is 10.2. The molecule has 0 spiro atoms. The topological polar surface area (TPSA) is 26.5 Å². The van der Waals surface area contributed by atoms with Crippen molar-refractivity contribution in [2.24, 2.45) is 0 Å². The predicted octanol–water partition coefficient (Wildman–Crippen LogP) is 4.58. The summed E-state index contributed by atoms with van der Waals surface area (Å²) in [4.78, 5) is 4.53. The molecular weight excluding hydrogens is 316 g/mol. The van der Waals surface area contributed by atoms with Crippen molar-refractivity contribution < 1.29 is 4.74 Å². The smallest absolute Gasteiger partial charge is 0.242 e. The Morgan fingerprint density at radius 2 is 1.95 bits per heavy atom. The summed E-state index contributed by atoms with van der Waals surface area (Å²) in [6.45, 7) is 2.14. The summed E-state index contributed by atoms with van der Waals surface area (Å²) >= 11 is 3.50. The van der Waals surface area contributed by atoms with Crippen LogP contribution in [-0.4, -0.2) is 9.38 Å². The molecule has 1 aromatic carbocycles. The number of alkyl halides is 1. The van der Waals surface area contributed by atoms with Gasteiger partial charge in [-0.2, -0.15) is 4.98 Å². The fourth-order valence-electron chi connectivity index (χ4n) is 2.13. The molecule has 0 saturated heterocycles. The normalized spacial score (nSPS) is 10.9. The number of hydrogen-bond donors (Lipinski definition) is 0. The molecule has 4 heteroatoms. The molecule has 0 fully saturated rings. The number of aromatic nitrogens is 2. The van der Waals surface area contributed by atoms with Gasteiger partial charge in [0.25, 0.3) is 0 Å². The maximum Gasteiger partial charge on any atom is 0.242 e. The minimum Gasteiger partial charge on any atom is -0.437 e. The van der Waals surface area contributed by atoms with E-state index in [9.17, 15) is 0 Å². The summed E-state index contributed by atoms with van der Waals surface area (Å²) in [5.41, 5.74) is 3.20. The van der Waals surface area contributed by atoms with Gasteiger partial charge < -0.3 is 4.74 Å². The maximum absolute atomic E-state index is 5.92. The highest BCUT2D eigenvalue weighted by Crippen LogP contribution is 2.27. The van der Waals surface area contributed by atoms with Crippen LogP contribution in [-0.2, 0) is 11.8 Å². The summed E-state index contributed by atoms with van der Waals surface area (Å²) in [5, 5.41) is 0.695. The molecule has 3 rings (SSSR count). The van der Waals surface area contributed by atoms with E-state index in [1.807, 2.05) is 40.9 Å². The summed E-state index contributed by atoms with van der Waals surface area (Å²) in [7, 11) is 0. The Labute approximate surface area is 126 Å². The molecule has 2 heterocycles. The molecule has 0 bridgehead atoms. The van der Waals surface area contributed by atoms with Crippen LogP contribution in [0.5, 0.6) is 11.6 Å². The number of fused-ring (bicyclic) bond motifs is 1. The molecule has 0 aliphatic rings. The molecule has 3 nitrogen and oxygen atoms in total. The fraction of sp³-hybridized carbons (Fsp3) is 0.188. The molecule has 2 aromatic heterocycles. The van der Waals surface area contributed by atoms with E-state index >= 15 is 0 Å². The lowest BCUT2D eigenvalue weighted by Crippen LogP contribution is -1.92. The van der Waals surface area contributed by atoms with Crippen LogP contribution < -0.4 is 4.74 Å². The van der Waals surface area contributed by atoms with E-state index in [4.69, 9.17) is 4.74 Å². The van der Waals surface area contributed by atoms with Gasteiger partial charge in [0.05, 0.1) is 5.69 Å². The van der Waals surface area contributed by atoms with Crippen molar-refractivity contribution in [1.82, 2.24) is 9.38 Å². The Bertz CT molecular complexity index is 719. The van der Waals surface area contributed by atoms with Crippen molar-refractivity contribution in [2.75, 3.05) is 0 Å². The van der Waals surface area contributed by atoms with Crippen molar-refractivity contribution in [3.05, 3.63) is 59.9 Å². The number of hydrogen-bond acceptors (Lipinski definition) is 2. The van der Waals surface area contributed by atoms with E-state index in [-0.39, 0.29) is 0 Å². The molecule has 0 unspecified atom stereocenters. The number of benzene rings is 1.